The number of hydrogen-bond donors (Lipinski definition) is 1. The molecule has 44 heavy (non-hydrogen) atoms. The molecule has 2 aliphatic carbocycles. The first-order chi connectivity index (χ1) is 20.3. The van der Waals surface area contributed by atoms with Gasteiger partial charge in [0, 0.05) is 13.0 Å². The van der Waals surface area contributed by atoms with Crippen LogP contribution in [0.3, 0.4) is 0 Å². The van der Waals surface area contributed by atoms with E-state index in [2.05, 4.69) is 0 Å². The number of phenols is 1. The lowest BCUT2D eigenvalue weighted by atomic mass is 9.56. The Hall–Kier alpha value is -3.58. The van der Waals surface area contributed by atoms with Gasteiger partial charge in [0.05, 0.1) is 28.7 Å². The van der Waals surface area contributed by atoms with Crippen LogP contribution in [-0.2, 0) is 31.5 Å². The Morgan fingerprint density at radius 1 is 0.841 bits per heavy atom. The van der Waals surface area contributed by atoms with Crippen molar-refractivity contribution in [1.29, 1.82) is 0 Å². The number of benzene rings is 2. The van der Waals surface area contributed by atoms with Gasteiger partial charge in [-0.15, -0.1) is 23.2 Å². The first kappa shape index (κ1) is 30.4. The van der Waals surface area contributed by atoms with E-state index in [9.17, 15) is 50.6 Å². The Labute approximate surface area is 255 Å². The molecule has 0 bridgehead atoms. The molecular weight excluding hydrogens is 641 g/mol. The average Bonchev–Trinajstić information content (AvgIpc) is 3.27. The summed E-state index contributed by atoms with van der Waals surface area (Å²) in [5.41, 5.74) is -3.60. The van der Waals surface area contributed by atoms with E-state index in [0.717, 1.165) is 4.90 Å². The maximum absolute atomic E-state index is 13.9. The highest BCUT2D eigenvalue weighted by atomic mass is 35.5. The van der Waals surface area contributed by atoms with Gasteiger partial charge >= 0.3 is 12.4 Å². The molecule has 4 aliphatic rings. The van der Waals surface area contributed by atoms with Crippen LogP contribution >= 0.6 is 23.2 Å². The number of hydrogen-bond acceptors (Lipinski definition) is 5. The summed E-state index contributed by atoms with van der Waals surface area (Å²) in [5.74, 6) is -8.63. The van der Waals surface area contributed by atoms with Crippen LogP contribution in [0.5, 0.6) is 5.75 Å². The van der Waals surface area contributed by atoms with Crippen LogP contribution in [-0.4, -0.2) is 50.4 Å². The van der Waals surface area contributed by atoms with Crippen molar-refractivity contribution in [2.45, 2.75) is 40.9 Å². The van der Waals surface area contributed by atoms with Crippen molar-refractivity contribution in [3.8, 4) is 5.75 Å². The zero-order valence-corrected chi connectivity index (χ0v) is 23.9. The first-order valence-electron chi connectivity index (χ1n) is 13.2. The highest BCUT2D eigenvalue weighted by Gasteiger charge is 2.75. The number of imide groups is 2. The third-order valence-electron chi connectivity index (χ3n) is 9.07. The lowest BCUT2D eigenvalue weighted by Crippen LogP contribution is -2.60. The summed E-state index contributed by atoms with van der Waals surface area (Å²) >= 11 is 14.0. The van der Waals surface area contributed by atoms with Gasteiger partial charge < -0.3 is 5.11 Å². The van der Waals surface area contributed by atoms with Gasteiger partial charge in [-0.1, -0.05) is 23.8 Å². The number of carbonyl (C=O) groups is 4. The minimum Gasteiger partial charge on any atom is -0.508 e. The van der Waals surface area contributed by atoms with Crippen LogP contribution in [0.4, 0.5) is 32.0 Å². The molecule has 2 aromatic rings. The molecule has 7 nitrogen and oxygen atoms in total. The molecule has 0 aromatic heterocycles. The van der Waals surface area contributed by atoms with Gasteiger partial charge in [0.2, 0.25) is 11.8 Å². The normalized spacial score (nSPS) is 32.1. The highest BCUT2D eigenvalue weighted by molar-refractivity contribution is 6.53. The van der Waals surface area contributed by atoms with Gasteiger partial charge in [0.1, 0.15) is 5.75 Å². The van der Waals surface area contributed by atoms with E-state index >= 15 is 0 Å². The van der Waals surface area contributed by atoms with Crippen LogP contribution in [0.1, 0.15) is 35.4 Å². The second-order valence-electron chi connectivity index (χ2n) is 11.4. The fourth-order valence-electron chi connectivity index (χ4n) is 7.11. The van der Waals surface area contributed by atoms with Crippen molar-refractivity contribution in [3.05, 3.63) is 70.8 Å². The molecular formula is C29H20Cl2F6N2O5. The predicted octanol–water partition coefficient (Wildman–Crippen LogP) is 5.62. The van der Waals surface area contributed by atoms with Crippen molar-refractivity contribution >= 4 is 52.5 Å². The number of phenolic OH excluding ortho intramolecular Hbond substituents is 1. The summed E-state index contributed by atoms with van der Waals surface area (Å²) in [4.78, 5) is 51.3. The van der Waals surface area contributed by atoms with Crippen molar-refractivity contribution < 1.29 is 50.6 Å². The van der Waals surface area contributed by atoms with E-state index in [1.807, 2.05) is 0 Å². The summed E-state index contributed by atoms with van der Waals surface area (Å²) < 4.78 is 81.6. The smallest absolute Gasteiger partial charge is 0.416 e. The van der Waals surface area contributed by atoms with E-state index in [4.69, 9.17) is 23.2 Å². The van der Waals surface area contributed by atoms with Gasteiger partial charge in [-0.3, -0.25) is 24.1 Å². The molecule has 2 saturated heterocycles. The fourth-order valence-corrected chi connectivity index (χ4v) is 8.13. The number of likely N-dealkylation sites (tertiary alicyclic amines) is 1. The van der Waals surface area contributed by atoms with Gasteiger partial charge in [-0.05, 0) is 54.7 Å². The first-order valence-corrected chi connectivity index (χ1v) is 13.9. The maximum atomic E-state index is 13.9. The van der Waals surface area contributed by atoms with Crippen LogP contribution in [0.2, 0.25) is 0 Å². The number of allylic oxidation sites excluding steroid dienone is 2. The zero-order valence-electron chi connectivity index (χ0n) is 22.3. The van der Waals surface area contributed by atoms with E-state index in [0.29, 0.717) is 28.2 Å². The molecule has 6 unspecified atom stereocenters. The van der Waals surface area contributed by atoms with Crippen molar-refractivity contribution in [1.82, 2.24) is 4.90 Å². The van der Waals surface area contributed by atoms with Crippen LogP contribution < -0.4 is 4.90 Å². The van der Waals surface area contributed by atoms with Crippen LogP contribution in [0.25, 0.3) is 0 Å². The summed E-state index contributed by atoms with van der Waals surface area (Å²) in [7, 11) is 1.18. The second-order valence-corrected chi connectivity index (χ2v) is 12.6. The standard InChI is InChI=1S/C29H20Cl2F6N2O5/c1-38-24(43)26(30)11-19-17(21(27(26,31)25(38)44)12-2-4-16(40)5-3-12)6-7-18-20(19)23(42)39(22(18)41)15-9-13(28(32,33)34)8-14(10-15)29(35,36)37/h2-6,8-10,18-21,40H,7,11H2,1H3. The molecule has 3 fully saturated rings. The minimum absolute atomic E-state index is 0.110. The van der Waals surface area contributed by atoms with Gasteiger partial charge in [-0.25, -0.2) is 4.90 Å². The molecule has 6 rings (SSSR count). The Morgan fingerprint density at radius 2 is 1.41 bits per heavy atom. The molecule has 4 amide bonds. The van der Waals surface area contributed by atoms with Gasteiger partial charge in [0.25, 0.3) is 11.8 Å². The third kappa shape index (κ3) is 4.04. The van der Waals surface area contributed by atoms with Crippen molar-refractivity contribution in [2.24, 2.45) is 17.8 Å². The zero-order chi connectivity index (χ0) is 32.3. The number of anilines is 1. The summed E-state index contributed by atoms with van der Waals surface area (Å²) in [6, 6.07) is 6.01. The number of rotatable bonds is 2. The molecule has 0 radical (unpaired) electrons. The fraction of sp³-hybridized carbons (Fsp3) is 0.379. The molecule has 2 aliphatic heterocycles. The molecule has 2 heterocycles. The Bertz CT molecular complexity index is 1640. The highest BCUT2D eigenvalue weighted by Crippen LogP contribution is 2.65. The predicted molar refractivity (Wildman–Crippen MR) is 143 cm³/mol. The maximum Gasteiger partial charge on any atom is 0.416 e. The molecule has 6 atom stereocenters. The van der Waals surface area contributed by atoms with Gasteiger partial charge in [-0.2, -0.15) is 26.3 Å². The van der Waals surface area contributed by atoms with Crippen molar-refractivity contribution in [3.63, 3.8) is 0 Å². The van der Waals surface area contributed by atoms with E-state index in [-0.39, 0.29) is 18.2 Å². The Kier molecular flexibility index (Phi) is 6.55. The molecule has 0 spiro atoms. The monoisotopic (exact) mass is 660 g/mol. The van der Waals surface area contributed by atoms with E-state index < -0.39 is 92.6 Å². The quantitative estimate of drug-likeness (QED) is 0.195. The SMILES string of the molecule is CN1C(=O)C2(Cl)CC3C(=CCC4C(=O)N(c5cc(C(F)(F)F)cc(C(F)(F)F)c5)C(=O)C43)C(c3ccc(O)cc3)C2(Cl)C1=O. The number of halogens is 8. The lowest BCUT2D eigenvalue weighted by Gasteiger charge is -2.50. The summed E-state index contributed by atoms with van der Waals surface area (Å²) in [5, 5.41) is 9.86. The molecule has 2 aromatic carbocycles. The number of fused-ring (bicyclic) bond motifs is 4. The van der Waals surface area contributed by atoms with Gasteiger partial charge in [0.15, 0.2) is 9.75 Å². The summed E-state index contributed by atoms with van der Waals surface area (Å²) in [6.07, 6.45) is -9.46. The summed E-state index contributed by atoms with van der Waals surface area (Å²) in [6.45, 7) is 0. The molecule has 15 heteroatoms. The topological polar surface area (TPSA) is 95.0 Å². The van der Waals surface area contributed by atoms with Crippen molar-refractivity contribution in [2.75, 3.05) is 11.9 Å². The van der Waals surface area contributed by atoms with Crippen LogP contribution in [0.15, 0.2) is 54.1 Å². The van der Waals surface area contributed by atoms with E-state index in [1.54, 1.807) is 6.08 Å². The number of alkyl halides is 8. The molecule has 1 N–H and O–H groups in total. The molecule has 232 valence electrons. The number of carbonyl (C=O) groups excluding carboxylic acids is 4. The number of aromatic hydroxyl groups is 1. The molecule has 1 saturated carbocycles. The number of amides is 4. The second kappa shape index (κ2) is 9.46. The lowest BCUT2D eigenvalue weighted by molar-refractivity contribution is -0.143. The average molecular weight is 661 g/mol. The van der Waals surface area contributed by atoms with E-state index in [1.165, 1.54) is 31.3 Å². The van der Waals surface area contributed by atoms with Crippen LogP contribution in [0, 0.1) is 17.8 Å². The Morgan fingerprint density at radius 3 is 1.95 bits per heavy atom. The largest absolute Gasteiger partial charge is 0.508 e. The minimum atomic E-state index is -5.22. The third-order valence-corrected chi connectivity index (χ3v) is 10.5. The Balaban J connectivity index is 1.49. The number of nitrogens with zero attached hydrogens (tertiary/aromatic N) is 2.